The fourth-order valence-corrected chi connectivity index (χ4v) is 4.31. The molecule has 1 aliphatic carbocycles. The molecule has 0 saturated carbocycles. The summed E-state index contributed by atoms with van der Waals surface area (Å²) in [7, 11) is 1.28. The lowest BCUT2D eigenvalue weighted by Crippen LogP contribution is -2.47. The highest BCUT2D eigenvalue weighted by atomic mass is 35.5. The van der Waals surface area contributed by atoms with Gasteiger partial charge in [-0.1, -0.05) is 17.7 Å². The molecule has 4 amide bonds. The van der Waals surface area contributed by atoms with Gasteiger partial charge in [0.2, 0.25) is 0 Å². The Labute approximate surface area is 212 Å². The molecule has 1 aliphatic heterocycles. The standard InChI is InChI=1S/C25H25ClF2N4O4/c1-13-11-19(29-16-8-6-7-14(13)16)32-18(12-31(23(32)34)24(35)36-25(2,3)4)22(33)30(5)17-10-9-15(27)20(26)21(17)28/h6,8-11,18H,7,12H2,1-5H3/t18-/m0/s1. The zero-order valence-corrected chi connectivity index (χ0v) is 21.2. The smallest absolute Gasteiger partial charge is 0.418 e. The molecule has 4 rings (SSSR count). The third kappa shape index (κ3) is 4.53. The summed E-state index contributed by atoms with van der Waals surface area (Å²) in [5, 5.41) is -0.760. The SMILES string of the molecule is Cc1cc(N2C(=O)N(C(=O)OC(C)(C)C)C[C@H]2C(=O)N(C)c2ccc(F)c(Cl)c2F)nc2c1CC=C2. The number of carbonyl (C=O) groups is 3. The minimum atomic E-state index is -1.26. The number of benzene rings is 1. The van der Waals surface area contributed by atoms with Gasteiger partial charge in [-0.2, -0.15) is 0 Å². The fourth-order valence-electron chi connectivity index (χ4n) is 4.15. The van der Waals surface area contributed by atoms with Gasteiger partial charge in [0, 0.05) is 7.05 Å². The van der Waals surface area contributed by atoms with Crippen LogP contribution in [0.25, 0.3) is 6.08 Å². The minimum absolute atomic E-state index is 0.165. The van der Waals surface area contributed by atoms with Gasteiger partial charge in [-0.3, -0.25) is 9.69 Å². The second kappa shape index (κ2) is 9.16. The first-order valence-electron chi connectivity index (χ1n) is 11.2. The van der Waals surface area contributed by atoms with Gasteiger partial charge in [0.25, 0.3) is 5.91 Å². The molecule has 36 heavy (non-hydrogen) atoms. The maximum atomic E-state index is 14.7. The van der Waals surface area contributed by atoms with Crippen LogP contribution < -0.4 is 9.80 Å². The number of halogens is 3. The summed E-state index contributed by atoms with van der Waals surface area (Å²) < 4.78 is 33.7. The van der Waals surface area contributed by atoms with E-state index in [1.54, 1.807) is 26.8 Å². The quantitative estimate of drug-likeness (QED) is 0.528. The van der Waals surface area contributed by atoms with Gasteiger partial charge < -0.3 is 9.64 Å². The van der Waals surface area contributed by atoms with Gasteiger partial charge in [-0.05, 0) is 69.5 Å². The number of likely N-dealkylation sites (N-methyl/N-ethyl adjacent to an activating group) is 1. The van der Waals surface area contributed by atoms with E-state index in [9.17, 15) is 23.2 Å². The van der Waals surface area contributed by atoms with Crippen molar-refractivity contribution in [2.75, 3.05) is 23.4 Å². The Balaban J connectivity index is 1.75. The van der Waals surface area contributed by atoms with Crippen LogP contribution in [-0.2, 0) is 16.0 Å². The predicted octanol–water partition coefficient (Wildman–Crippen LogP) is 5.10. The molecule has 1 aromatic heterocycles. The Morgan fingerprint density at radius 1 is 1.25 bits per heavy atom. The van der Waals surface area contributed by atoms with Gasteiger partial charge in [0.15, 0.2) is 5.82 Å². The Morgan fingerprint density at radius 3 is 2.61 bits per heavy atom. The molecule has 0 radical (unpaired) electrons. The number of nitrogens with zero attached hydrogens (tertiary/aromatic N) is 4. The van der Waals surface area contributed by atoms with Crippen molar-refractivity contribution in [3.63, 3.8) is 0 Å². The van der Waals surface area contributed by atoms with Crippen molar-refractivity contribution in [3.8, 4) is 0 Å². The topological polar surface area (TPSA) is 83.1 Å². The molecule has 0 bridgehead atoms. The molecule has 2 aromatic rings. The molecule has 1 aromatic carbocycles. The fraction of sp³-hybridized carbons (Fsp3) is 0.360. The number of imide groups is 1. The maximum Gasteiger partial charge on any atom is 0.418 e. The van der Waals surface area contributed by atoms with E-state index in [2.05, 4.69) is 4.98 Å². The largest absolute Gasteiger partial charge is 0.443 e. The van der Waals surface area contributed by atoms with Crippen molar-refractivity contribution in [3.05, 3.63) is 57.8 Å². The first-order valence-corrected chi connectivity index (χ1v) is 11.6. The lowest BCUT2D eigenvalue weighted by atomic mass is 10.1. The first kappa shape index (κ1) is 25.6. The molecule has 0 N–H and O–H groups in total. The van der Waals surface area contributed by atoms with Crippen LogP contribution in [0.4, 0.5) is 29.9 Å². The number of rotatable bonds is 3. The van der Waals surface area contributed by atoms with Crippen molar-refractivity contribution in [1.82, 2.24) is 9.88 Å². The number of ether oxygens (including phenoxy) is 1. The zero-order chi connectivity index (χ0) is 26.5. The molecule has 2 aliphatic rings. The second-order valence-electron chi connectivity index (χ2n) is 9.62. The number of hydrogen-bond donors (Lipinski definition) is 0. The van der Waals surface area contributed by atoms with Crippen LogP contribution in [0, 0.1) is 18.6 Å². The molecular weight excluding hydrogens is 494 g/mol. The van der Waals surface area contributed by atoms with Crippen LogP contribution in [0.5, 0.6) is 0 Å². The summed E-state index contributed by atoms with van der Waals surface area (Å²) in [6.07, 6.45) is 3.52. The van der Waals surface area contributed by atoms with Crippen molar-refractivity contribution >= 4 is 47.2 Å². The predicted molar refractivity (Wildman–Crippen MR) is 131 cm³/mol. The Bertz CT molecular complexity index is 1310. The Morgan fingerprint density at radius 2 is 1.94 bits per heavy atom. The summed E-state index contributed by atoms with van der Waals surface area (Å²) in [5.74, 6) is -2.66. The van der Waals surface area contributed by atoms with Crippen LogP contribution in [0.3, 0.4) is 0 Å². The zero-order valence-electron chi connectivity index (χ0n) is 20.4. The molecule has 8 nitrogen and oxygen atoms in total. The average molecular weight is 519 g/mol. The molecule has 0 unspecified atom stereocenters. The van der Waals surface area contributed by atoms with Crippen LogP contribution in [0.15, 0.2) is 24.3 Å². The molecule has 11 heteroatoms. The lowest BCUT2D eigenvalue weighted by molar-refractivity contribution is -0.119. The van der Waals surface area contributed by atoms with Crippen LogP contribution in [0.2, 0.25) is 5.02 Å². The van der Waals surface area contributed by atoms with Crippen molar-refractivity contribution in [2.24, 2.45) is 0 Å². The molecule has 1 atom stereocenters. The molecule has 1 fully saturated rings. The highest BCUT2D eigenvalue weighted by Gasteiger charge is 2.48. The summed E-state index contributed by atoms with van der Waals surface area (Å²) >= 11 is 5.70. The second-order valence-corrected chi connectivity index (χ2v) is 10.00. The summed E-state index contributed by atoms with van der Waals surface area (Å²) in [6.45, 7) is 6.46. The van der Waals surface area contributed by atoms with Gasteiger partial charge in [-0.25, -0.2) is 28.3 Å². The van der Waals surface area contributed by atoms with Gasteiger partial charge >= 0.3 is 12.1 Å². The summed E-state index contributed by atoms with van der Waals surface area (Å²) in [6, 6.07) is 1.62. The summed E-state index contributed by atoms with van der Waals surface area (Å²) in [4.78, 5) is 47.3. The molecular formula is C25H25ClF2N4O4. The third-order valence-corrected chi connectivity index (χ3v) is 6.27. The number of urea groups is 1. The number of hydrogen-bond acceptors (Lipinski definition) is 5. The number of anilines is 2. The van der Waals surface area contributed by atoms with E-state index in [4.69, 9.17) is 16.3 Å². The number of aromatic nitrogens is 1. The number of aryl methyl sites for hydroxylation is 1. The van der Waals surface area contributed by atoms with E-state index >= 15 is 0 Å². The molecule has 190 valence electrons. The van der Waals surface area contributed by atoms with E-state index in [0.29, 0.717) is 12.1 Å². The molecule has 1 saturated heterocycles. The van der Waals surface area contributed by atoms with Crippen LogP contribution in [-0.4, -0.2) is 53.2 Å². The monoisotopic (exact) mass is 518 g/mol. The highest BCUT2D eigenvalue weighted by molar-refractivity contribution is 6.31. The van der Waals surface area contributed by atoms with Crippen LogP contribution >= 0.6 is 11.6 Å². The lowest BCUT2D eigenvalue weighted by Gasteiger charge is -2.27. The van der Waals surface area contributed by atoms with Crippen molar-refractivity contribution < 1.29 is 27.9 Å². The normalized spacial score (nSPS) is 17.0. The molecule has 2 heterocycles. The summed E-state index contributed by atoms with van der Waals surface area (Å²) in [5.41, 5.74) is 1.35. The Hall–Kier alpha value is -3.53. The van der Waals surface area contributed by atoms with Gasteiger partial charge in [0.05, 0.1) is 17.9 Å². The maximum absolute atomic E-state index is 14.7. The number of fused-ring (bicyclic) bond motifs is 1. The minimum Gasteiger partial charge on any atom is -0.443 e. The van der Waals surface area contributed by atoms with E-state index < -0.39 is 46.3 Å². The van der Waals surface area contributed by atoms with Crippen LogP contribution in [0.1, 0.15) is 37.6 Å². The third-order valence-electron chi connectivity index (χ3n) is 5.92. The number of carbonyl (C=O) groups excluding carboxylic acids is 3. The van der Waals surface area contributed by atoms with Crippen molar-refractivity contribution in [1.29, 1.82) is 0 Å². The van der Waals surface area contributed by atoms with E-state index in [-0.39, 0.29) is 18.1 Å². The van der Waals surface area contributed by atoms with E-state index in [1.807, 2.05) is 19.1 Å². The first-order chi connectivity index (χ1) is 16.8. The van der Waals surface area contributed by atoms with E-state index in [0.717, 1.165) is 38.0 Å². The van der Waals surface area contributed by atoms with Crippen molar-refractivity contribution in [2.45, 2.75) is 45.8 Å². The number of allylic oxidation sites excluding steroid dienone is 1. The molecule has 0 spiro atoms. The van der Waals surface area contributed by atoms with Gasteiger partial charge in [0.1, 0.15) is 28.3 Å². The average Bonchev–Trinajstić information content (AvgIpc) is 3.40. The number of amides is 4. The van der Waals surface area contributed by atoms with Gasteiger partial charge in [-0.15, -0.1) is 0 Å². The van der Waals surface area contributed by atoms with E-state index in [1.165, 1.54) is 7.05 Å². The Kier molecular flexibility index (Phi) is 6.51. The highest BCUT2D eigenvalue weighted by Crippen LogP contribution is 2.33. The number of pyridine rings is 1.